The van der Waals surface area contributed by atoms with Crippen molar-refractivity contribution in [1.29, 1.82) is 5.26 Å². The van der Waals surface area contributed by atoms with Crippen LogP contribution in [0.4, 0.5) is 0 Å². The number of furan rings is 1. The second-order valence-electron chi connectivity index (χ2n) is 2.85. The van der Waals surface area contributed by atoms with E-state index in [1.165, 1.54) is 6.20 Å². The highest BCUT2D eigenvalue weighted by Gasteiger charge is 2.08. The van der Waals surface area contributed by atoms with Gasteiger partial charge in [-0.15, -0.1) is 0 Å². The molecule has 5 nitrogen and oxygen atoms in total. The zero-order valence-corrected chi connectivity index (χ0v) is 8.90. The van der Waals surface area contributed by atoms with Gasteiger partial charge < -0.3 is 14.5 Å². The molecule has 0 bridgehead atoms. The maximum atomic E-state index is 11.2. The molecular weight excluding hydrogens is 208 g/mol. The quantitative estimate of drug-likeness (QED) is 0.460. The fourth-order valence-electron chi connectivity index (χ4n) is 1.01. The third-order valence-corrected chi connectivity index (χ3v) is 1.72. The van der Waals surface area contributed by atoms with Crippen LogP contribution in [0.25, 0.3) is 0 Å². The van der Waals surface area contributed by atoms with Crippen LogP contribution < -0.4 is 5.32 Å². The number of esters is 1. The van der Waals surface area contributed by atoms with Gasteiger partial charge in [0.2, 0.25) is 0 Å². The second-order valence-corrected chi connectivity index (χ2v) is 2.85. The van der Waals surface area contributed by atoms with E-state index in [4.69, 9.17) is 9.68 Å². The normalized spacial score (nSPS) is 10.6. The van der Waals surface area contributed by atoms with Crippen LogP contribution in [-0.4, -0.2) is 12.6 Å². The molecule has 0 unspecified atom stereocenters. The average Bonchev–Trinajstić information content (AvgIpc) is 2.77. The lowest BCUT2D eigenvalue weighted by Gasteiger charge is -2.00. The minimum absolute atomic E-state index is 0.0617. The molecule has 1 N–H and O–H groups in total. The van der Waals surface area contributed by atoms with Gasteiger partial charge in [0.1, 0.15) is 11.8 Å². The number of hydrogen-bond donors (Lipinski definition) is 1. The monoisotopic (exact) mass is 220 g/mol. The Bertz CT molecular complexity index is 401. The van der Waals surface area contributed by atoms with Gasteiger partial charge in [-0.1, -0.05) is 0 Å². The fraction of sp³-hybridized carbons (Fsp3) is 0.273. The van der Waals surface area contributed by atoms with Crippen LogP contribution in [0.1, 0.15) is 12.7 Å². The van der Waals surface area contributed by atoms with E-state index in [0.717, 1.165) is 5.76 Å². The van der Waals surface area contributed by atoms with Crippen LogP contribution >= 0.6 is 0 Å². The molecule has 1 heterocycles. The van der Waals surface area contributed by atoms with E-state index in [2.05, 4.69) is 10.1 Å². The maximum absolute atomic E-state index is 11.2. The van der Waals surface area contributed by atoms with Crippen molar-refractivity contribution in [3.63, 3.8) is 0 Å². The summed E-state index contributed by atoms with van der Waals surface area (Å²) in [6.45, 7) is 2.34. The summed E-state index contributed by atoms with van der Waals surface area (Å²) in [4.78, 5) is 11.2. The van der Waals surface area contributed by atoms with E-state index in [0.29, 0.717) is 6.54 Å². The van der Waals surface area contributed by atoms with Gasteiger partial charge in [-0.05, 0) is 19.1 Å². The van der Waals surface area contributed by atoms with Gasteiger partial charge in [0, 0.05) is 6.20 Å². The van der Waals surface area contributed by atoms with Crippen molar-refractivity contribution in [3.05, 3.63) is 35.9 Å². The minimum atomic E-state index is -0.628. The Hall–Kier alpha value is -2.22. The topological polar surface area (TPSA) is 75.3 Å². The van der Waals surface area contributed by atoms with E-state index in [1.54, 1.807) is 31.4 Å². The number of nitrogens with one attached hydrogen (secondary N) is 1. The molecule has 16 heavy (non-hydrogen) atoms. The Morgan fingerprint density at radius 2 is 2.56 bits per heavy atom. The smallest absolute Gasteiger partial charge is 0.350 e. The molecule has 0 spiro atoms. The molecule has 0 saturated heterocycles. The molecule has 0 aliphatic rings. The van der Waals surface area contributed by atoms with Gasteiger partial charge in [-0.25, -0.2) is 4.79 Å². The first kappa shape index (κ1) is 11.9. The lowest BCUT2D eigenvalue weighted by molar-refractivity contribution is -0.138. The number of hydrogen-bond acceptors (Lipinski definition) is 5. The summed E-state index contributed by atoms with van der Waals surface area (Å²) >= 11 is 0. The number of ether oxygens (including phenoxy) is 1. The molecule has 0 aliphatic carbocycles. The molecule has 0 atom stereocenters. The lowest BCUT2D eigenvalue weighted by atomic mass is 10.3. The van der Waals surface area contributed by atoms with Crippen molar-refractivity contribution >= 4 is 5.97 Å². The first-order valence-electron chi connectivity index (χ1n) is 4.81. The van der Waals surface area contributed by atoms with E-state index in [-0.39, 0.29) is 12.2 Å². The highest BCUT2D eigenvalue weighted by atomic mass is 16.5. The summed E-state index contributed by atoms with van der Waals surface area (Å²) in [5, 5.41) is 11.5. The Balaban J connectivity index is 2.48. The number of rotatable bonds is 5. The number of nitrogens with zero attached hydrogens (tertiary/aromatic N) is 1. The summed E-state index contributed by atoms with van der Waals surface area (Å²) in [5.74, 6) is 0.0920. The summed E-state index contributed by atoms with van der Waals surface area (Å²) in [6, 6.07) is 5.31. The summed E-state index contributed by atoms with van der Waals surface area (Å²) in [6.07, 6.45) is 2.87. The van der Waals surface area contributed by atoms with Crippen molar-refractivity contribution in [3.8, 4) is 6.07 Å². The Morgan fingerprint density at radius 1 is 1.75 bits per heavy atom. The first-order valence-corrected chi connectivity index (χ1v) is 4.81. The van der Waals surface area contributed by atoms with Crippen LogP contribution in [0, 0.1) is 11.3 Å². The third kappa shape index (κ3) is 3.50. The number of nitriles is 1. The highest BCUT2D eigenvalue weighted by molar-refractivity contribution is 5.92. The standard InChI is InChI=1S/C11H12N2O3/c1-2-15-11(14)9(6-12)7-13-8-10-4-3-5-16-10/h3-5,7,13H,2,8H2,1H3/b9-7-. The van der Waals surface area contributed by atoms with E-state index in [9.17, 15) is 4.79 Å². The predicted molar refractivity (Wildman–Crippen MR) is 55.9 cm³/mol. The van der Waals surface area contributed by atoms with Crippen molar-refractivity contribution in [2.24, 2.45) is 0 Å². The van der Waals surface area contributed by atoms with Crippen LogP contribution in [0.3, 0.4) is 0 Å². The van der Waals surface area contributed by atoms with Crippen LogP contribution in [0.15, 0.2) is 34.6 Å². The Labute approximate surface area is 93.3 Å². The molecule has 0 radical (unpaired) electrons. The minimum Gasteiger partial charge on any atom is -0.467 e. The van der Waals surface area contributed by atoms with E-state index >= 15 is 0 Å². The molecule has 0 saturated carbocycles. The molecule has 1 rings (SSSR count). The predicted octanol–water partition coefficient (Wildman–Crippen LogP) is 1.34. The highest BCUT2D eigenvalue weighted by Crippen LogP contribution is 2.00. The van der Waals surface area contributed by atoms with Gasteiger partial charge in [0.25, 0.3) is 0 Å². The third-order valence-electron chi connectivity index (χ3n) is 1.72. The van der Waals surface area contributed by atoms with Crippen LogP contribution in [0.5, 0.6) is 0 Å². The molecule has 0 fully saturated rings. The Kier molecular flexibility index (Phi) is 4.67. The first-order chi connectivity index (χ1) is 7.77. The van der Waals surface area contributed by atoms with Crippen LogP contribution in [0.2, 0.25) is 0 Å². The molecule has 84 valence electrons. The van der Waals surface area contributed by atoms with Crippen molar-refractivity contribution in [2.75, 3.05) is 6.61 Å². The molecular formula is C11H12N2O3. The SMILES string of the molecule is CCOC(=O)/C(C#N)=C\NCc1ccco1. The molecule has 0 aliphatic heterocycles. The zero-order valence-electron chi connectivity index (χ0n) is 8.90. The van der Waals surface area contributed by atoms with Crippen molar-refractivity contribution < 1.29 is 13.9 Å². The Morgan fingerprint density at radius 3 is 3.12 bits per heavy atom. The summed E-state index contributed by atoms with van der Waals surface area (Å²) in [5.41, 5.74) is -0.0617. The van der Waals surface area contributed by atoms with Gasteiger partial charge in [0.15, 0.2) is 5.57 Å². The summed E-state index contributed by atoms with van der Waals surface area (Å²) < 4.78 is 9.76. The van der Waals surface area contributed by atoms with Crippen molar-refractivity contribution in [1.82, 2.24) is 5.32 Å². The molecule has 0 amide bonds. The van der Waals surface area contributed by atoms with Crippen molar-refractivity contribution in [2.45, 2.75) is 13.5 Å². The fourth-order valence-corrected chi connectivity index (χ4v) is 1.01. The molecule has 1 aromatic rings. The number of carbonyl (C=O) groups is 1. The largest absolute Gasteiger partial charge is 0.467 e. The second kappa shape index (κ2) is 6.30. The van der Waals surface area contributed by atoms with Gasteiger partial charge in [-0.3, -0.25) is 0 Å². The lowest BCUT2D eigenvalue weighted by Crippen LogP contribution is -2.11. The average molecular weight is 220 g/mol. The maximum Gasteiger partial charge on any atom is 0.350 e. The van der Waals surface area contributed by atoms with Gasteiger partial charge in [-0.2, -0.15) is 5.26 Å². The van der Waals surface area contributed by atoms with Gasteiger partial charge >= 0.3 is 5.97 Å². The zero-order chi connectivity index (χ0) is 11.8. The van der Waals surface area contributed by atoms with E-state index in [1.807, 2.05) is 0 Å². The van der Waals surface area contributed by atoms with E-state index < -0.39 is 5.97 Å². The number of carbonyl (C=O) groups excluding carboxylic acids is 1. The molecule has 5 heteroatoms. The summed E-state index contributed by atoms with van der Waals surface area (Å²) in [7, 11) is 0. The molecule has 1 aromatic heterocycles. The van der Waals surface area contributed by atoms with Crippen LogP contribution in [-0.2, 0) is 16.1 Å². The van der Waals surface area contributed by atoms with Gasteiger partial charge in [0.05, 0.1) is 19.4 Å². The molecule has 0 aromatic carbocycles.